The van der Waals surface area contributed by atoms with Gasteiger partial charge in [0.25, 0.3) is 0 Å². The number of nitrogens with one attached hydrogen (secondary N) is 1. The van der Waals surface area contributed by atoms with Gasteiger partial charge in [0.2, 0.25) is 29.1 Å². The number of ether oxygens (including phenoxy) is 1. The first-order chi connectivity index (χ1) is 9.66. The summed E-state index contributed by atoms with van der Waals surface area (Å²) in [6.45, 7) is 2.86. The van der Waals surface area contributed by atoms with E-state index in [0.717, 1.165) is 0 Å². The molecule has 116 valence electrons. The molecular weight excluding hydrogens is 295 g/mol. The molecule has 0 radical (unpaired) electrons. The lowest BCUT2D eigenvalue weighted by Gasteiger charge is -2.25. The minimum Gasteiger partial charge on any atom is -0.484 e. The SMILES string of the molecule is CNC(C)(C#N)CC(C)Oc1c(F)c(F)c(F)c(F)c1F. The van der Waals surface area contributed by atoms with Crippen molar-refractivity contribution in [3.63, 3.8) is 0 Å². The Balaban J connectivity index is 3.07. The van der Waals surface area contributed by atoms with Crippen molar-refractivity contribution in [3.05, 3.63) is 29.1 Å². The van der Waals surface area contributed by atoms with E-state index in [0.29, 0.717) is 0 Å². The Morgan fingerprint density at radius 2 is 1.52 bits per heavy atom. The predicted molar refractivity (Wildman–Crippen MR) is 64.0 cm³/mol. The molecule has 1 aromatic rings. The molecule has 0 amide bonds. The Labute approximate surface area is 118 Å². The van der Waals surface area contributed by atoms with Gasteiger partial charge in [-0.25, -0.2) is 13.2 Å². The molecule has 0 spiro atoms. The molecule has 0 fully saturated rings. The molecule has 0 heterocycles. The Bertz CT molecular complexity index is 558. The van der Waals surface area contributed by atoms with Crippen LogP contribution in [0.3, 0.4) is 0 Å². The fourth-order valence-electron chi connectivity index (χ4n) is 1.71. The summed E-state index contributed by atoms with van der Waals surface area (Å²) in [5, 5.41) is 11.6. The van der Waals surface area contributed by atoms with Crippen molar-refractivity contribution in [1.82, 2.24) is 5.32 Å². The van der Waals surface area contributed by atoms with E-state index in [1.54, 1.807) is 0 Å². The molecule has 1 aromatic carbocycles. The topological polar surface area (TPSA) is 45.0 Å². The van der Waals surface area contributed by atoms with Crippen LogP contribution in [-0.2, 0) is 0 Å². The third-order valence-corrected chi connectivity index (χ3v) is 2.98. The van der Waals surface area contributed by atoms with Crippen molar-refractivity contribution in [2.24, 2.45) is 0 Å². The summed E-state index contributed by atoms with van der Waals surface area (Å²) >= 11 is 0. The molecule has 0 saturated carbocycles. The Morgan fingerprint density at radius 1 is 1.10 bits per heavy atom. The maximum absolute atomic E-state index is 13.4. The summed E-state index contributed by atoms with van der Waals surface area (Å²) in [6, 6.07) is 1.92. The number of rotatable bonds is 5. The largest absolute Gasteiger partial charge is 0.484 e. The number of hydrogen-bond acceptors (Lipinski definition) is 3. The van der Waals surface area contributed by atoms with Crippen LogP contribution in [0.1, 0.15) is 20.3 Å². The Hall–Kier alpha value is -1.88. The second kappa shape index (κ2) is 6.26. The molecule has 0 aromatic heterocycles. The van der Waals surface area contributed by atoms with E-state index in [4.69, 9.17) is 10.00 Å². The van der Waals surface area contributed by atoms with Gasteiger partial charge in [0, 0.05) is 6.42 Å². The zero-order chi connectivity index (χ0) is 16.4. The molecule has 0 aliphatic carbocycles. The van der Waals surface area contributed by atoms with Crippen LogP contribution in [0.25, 0.3) is 0 Å². The normalized spacial score (nSPS) is 15.2. The fraction of sp³-hybridized carbons (Fsp3) is 0.462. The Morgan fingerprint density at radius 3 is 1.90 bits per heavy atom. The van der Waals surface area contributed by atoms with Crippen LogP contribution in [0, 0.1) is 40.4 Å². The minimum absolute atomic E-state index is 0.0283. The van der Waals surface area contributed by atoms with Crippen molar-refractivity contribution in [2.45, 2.75) is 31.9 Å². The first kappa shape index (κ1) is 17.2. The first-order valence-electron chi connectivity index (χ1n) is 5.95. The lowest BCUT2D eigenvalue weighted by atomic mass is 9.97. The van der Waals surface area contributed by atoms with Gasteiger partial charge < -0.3 is 10.1 Å². The van der Waals surface area contributed by atoms with Crippen molar-refractivity contribution in [2.75, 3.05) is 7.05 Å². The lowest BCUT2D eigenvalue weighted by Crippen LogP contribution is -2.42. The van der Waals surface area contributed by atoms with Crippen LogP contribution in [0.4, 0.5) is 22.0 Å². The van der Waals surface area contributed by atoms with Crippen molar-refractivity contribution < 1.29 is 26.7 Å². The van der Waals surface area contributed by atoms with Crippen LogP contribution in [-0.4, -0.2) is 18.7 Å². The third kappa shape index (κ3) is 3.42. The van der Waals surface area contributed by atoms with Crippen LogP contribution in [0.15, 0.2) is 0 Å². The smallest absolute Gasteiger partial charge is 0.206 e. The zero-order valence-electron chi connectivity index (χ0n) is 11.5. The molecule has 2 atom stereocenters. The molecule has 21 heavy (non-hydrogen) atoms. The van der Waals surface area contributed by atoms with Gasteiger partial charge in [-0.05, 0) is 20.9 Å². The quantitative estimate of drug-likeness (QED) is 0.516. The fourth-order valence-corrected chi connectivity index (χ4v) is 1.71. The summed E-state index contributed by atoms with van der Waals surface area (Å²) in [5.41, 5.74) is -1.07. The van der Waals surface area contributed by atoms with Crippen LogP contribution in [0.2, 0.25) is 0 Å². The average molecular weight is 308 g/mol. The summed E-state index contributed by atoms with van der Waals surface area (Å²) in [4.78, 5) is 0. The van der Waals surface area contributed by atoms with Crippen LogP contribution >= 0.6 is 0 Å². The van der Waals surface area contributed by atoms with Crippen molar-refractivity contribution in [3.8, 4) is 11.8 Å². The molecule has 0 saturated heterocycles. The van der Waals surface area contributed by atoms with E-state index in [9.17, 15) is 22.0 Å². The zero-order valence-corrected chi connectivity index (χ0v) is 11.5. The highest BCUT2D eigenvalue weighted by Gasteiger charge is 2.30. The molecule has 8 heteroatoms. The van der Waals surface area contributed by atoms with Gasteiger partial charge in [-0.1, -0.05) is 0 Å². The molecule has 3 nitrogen and oxygen atoms in total. The van der Waals surface area contributed by atoms with Crippen LogP contribution < -0.4 is 10.1 Å². The number of benzene rings is 1. The second-order valence-electron chi connectivity index (χ2n) is 4.73. The predicted octanol–water partition coefficient (Wildman–Crippen LogP) is 3.04. The van der Waals surface area contributed by atoms with Crippen molar-refractivity contribution >= 4 is 0 Å². The Kier molecular flexibility index (Phi) is 5.12. The summed E-state index contributed by atoms with van der Waals surface area (Å²) < 4.78 is 70.6. The minimum atomic E-state index is -2.25. The van der Waals surface area contributed by atoms with Gasteiger partial charge in [0.1, 0.15) is 5.54 Å². The van der Waals surface area contributed by atoms with Gasteiger partial charge in [-0.15, -0.1) is 0 Å². The highest BCUT2D eigenvalue weighted by molar-refractivity contribution is 5.30. The van der Waals surface area contributed by atoms with E-state index in [1.807, 2.05) is 6.07 Å². The maximum Gasteiger partial charge on any atom is 0.206 e. The molecule has 0 aliphatic heterocycles. The summed E-state index contributed by atoms with van der Waals surface area (Å²) in [6.07, 6.45) is -0.991. The molecule has 2 unspecified atom stereocenters. The second-order valence-corrected chi connectivity index (χ2v) is 4.73. The van der Waals surface area contributed by atoms with Crippen LogP contribution in [0.5, 0.6) is 5.75 Å². The van der Waals surface area contributed by atoms with Gasteiger partial charge in [0.15, 0.2) is 5.75 Å². The number of nitriles is 1. The van der Waals surface area contributed by atoms with E-state index < -0.39 is 46.5 Å². The van der Waals surface area contributed by atoms with E-state index in [-0.39, 0.29) is 6.42 Å². The molecule has 0 bridgehead atoms. The van der Waals surface area contributed by atoms with E-state index in [1.165, 1.54) is 20.9 Å². The van der Waals surface area contributed by atoms with E-state index in [2.05, 4.69) is 5.32 Å². The summed E-state index contributed by atoms with van der Waals surface area (Å²) in [7, 11) is 1.49. The third-order valence-electron chi connectivity index (χ3n) is 2.98. The number of hydrogen-bond donors (Lipinski definition) is 1. The lowest BCUT2D eigenvalue weighted by molar-refractivity contribution is 0.161. The standard InChI is InChI=1S/C13H13F5N2O/c1-6(4-13(2,5-19)20-3)21-12-10(17)8(15)7(14)9(16)11(12)18/h6,20H,4H2,1-3H3. The molecule has 1 N–H and O–H groups in total. The van der Waals surface area contributed by atoms with Gasteiger partial charge in [-0.2, -0.15) is 14.0 Å². The van der Waals surface area contributed by atoms with Crippen molar-refractivity contribution in [1.29, 1.82) is 5.26 Å². The molecule has 0 aliphatic rings. The maximum atomic E-state index is 13.4. The molecular formula is C13H13F5N2O. The van der Waals surface area contributed by atoms with Gasteiger partial charge >= 0.3 is 0 Å². The highest BCUT2D eigenvalue weighted by atomic mass is 19.2. The highest BCUT2D eigenvalue weighted by Crippen LogP contribution is 2.30. The van der Waals surface area contributed by atoms with E-state index >= 15 is 0 Å². The number of halogens is 5. The number of nitrogens with zero attached hydrogens (tertiary/aromatic N) is 1. The average Bonchev–Trinajstić information content (AvgIpc) is 2.47. The summed E-state index contributed by atoms with van der Waals surface area (Å²) in [5.74, 6) is -11.8. The van der Waals surface area contributed by atoms with Gasteiger partial charge in [-0.3, -0.25) is 0 Å². The molecule has 1 rings (SSSR count). The monoisotopic (exact) mass is 308 g/mol. The van der Waals surface area contributed by atoms with Gasteiger partial charge in [0.05, 0.1) is 12.2 Å². The first-order valence-corrected chi connectivity index (χ1v) is 5.95.